The predicted molar refractivity (Wildman–Crippen MR) is 69.2 cm³/mol. The van der Waals surface area contributed by atoms with Crippen molar-refractivity contribution in [3.63, 3.8) is 0 Å². The third kappa shape index (κ3) is 2.23. The van der Waals surface area contributed by atoms with Crippen LogP contribution in [-0.4, -0.2) is 54.5 Å². The molecule has 3 amide bonds. The minimum atomic E-state index is -0.556. The Bertz CT molecular complexity index is 346. The van der Waals surface area contributed by atoms with E-state index in [0.717, 1.165) is 32.2 Å². The number of likely N-dealkylation sites (N-methyl/N-ethyl adjacent to an activating group) is 1. The van der Waals surface area contributed by atoms with Crippen LogP contribution in [0.5, 0.6) is 0 Å². The molecule has 1 heterocycles. The summed E-state index contributed by atoms with van der Waals surface area (Å²) in [7, 11) is 3.96. The van der Waals surface area contributed by atoms with Gasteiger partial charge in [0, 0.05) is 13.1 Å². The van der Waals surface area contributed by atoms with E-state index in [2.05, 4.69) is 12.2 Å². The van der Waals surface area contributed by atoms with Crippen LogP contribution < -0.4 is 5.32 Å². The molecule has 5 heteroatoms. The van der Waals surface area contributed by atoms with E-state index in [1.165, 1.54) is 0 Å². The third-order valence-electron chi connectivity index (χ3n) is 4.28. The van der Waals surface area contributed by atoms with Gasteiger partial charge in [0.25, 0.3) is 5.91 Å². The van der Waals surface area contributed by atoms with Gasteiger partial charge in [0.15, 0.2) is 0 Å². The lowest BCUT2D eigenvalue weighted by Crippen LogP contribution is -2.53. The SMILES string of the molecule is CC1CCC2(CC1)C(=O)NC(=O)N2CCN(C)C. The molecular formula is C13H23N3O2. The van der Waals surface area contributed by atoms with Gasteiger partial charge in [-0.25, -0.2) is 4.79 Å². The molecule has 1 saturated heterocycles. The summed E-state index contributed by atoms with van der Waals surface area (Å²) in [5.74, 6) is 0.577. The molecule has 1 N–H and O–H groups in total. The molecule has 18 heavy (non-hydrogen) atoms. The summed E-state index contributed by atoms with van der Waals surface area (Å²) >= 11 is 0. The largest absolute Gasteiger partial charge is 0.325 e. The van der Waals surface area contributed by atoms with Crippen LogP contribution >= 0.6 is 0 Å². The molecule has 0 atom stereocenters. The van der Waals surface area contributed by atoms with Gasteiger partial charge in [-0.05, 0) is 45.7 Å². The lowest BCUT2D eigenvalue weighted by molar-refractivity contribution is -0.128. The van der Waals surface area contributed by atoms with Gasteiger partial charge in [0.1, 0.15) is 5.54 Å². The number of carbonyl (C=O) groups is 2. The van der Waals surface area contributed by atoms with E-state index in [1.807, 2.05) is 19.0 Å². The Morgan fingerprint density at radius 3 is 2.50 bits per heavy atom. The summed E-state index contributed by atoms with van der Waals surface area (Å²) in [5, 5.41) is 2.50. The number of carbonyl (C=O) groups excluding carboxylic acids is 2. The molecule has 0 aromatic carbocycles. The van der Waals surface area contributed by atoms with E-state index in [1.54, 1.807) is 4.90 Å². The highest BCUT2D eigenvalue weighted by Crippen LogP contribution is 2.39. The monoisotopic (exact) mass is 253 g/mol. The minimum absolute atomic E-state index is 0.0850. The second-order valence-electron chi connectivity index (χ2n) is 5.93. The van der Waals surface area contributed by atoms with Gasteiger partial charge in [0.05, 0.1) is 0 Å². The van der Waals surface area contributed by atoms with Gasteiger partial charge in [-0.2, -0.15) is 0 Å². The Balaban J connectivity index is 2.14. The Morgan fingerprint density at radius 2 is 1.94 bits per heavy atom. The fourth-order valence-corrected chi connectivity index (χ4v) is 2.95. The van der Waals surface area contributed by atoms with Crippen molar-refractivity contribution in [1.82, 2.24) is 15.1 Å². The summed E-state index contributed by atoms with van der Waals surface area (Å²) in [5.41, 5.74) is -0.556. The van der Waals surface area contributed by atoms with Gasteiger partial charge < -0.3 is 9.80 Å². The zero-order chi connectivity index (χ0) is 13.3. The van der Waals surface area contributed by atoms with Crippen molar-refractivity contribution in [1.29, 1.82) is 0 Å². The van der Waals surface area contributed by atoms with E-state index in [4.69, 9.17) is 0 Å². The molecule has 102 valence electrons. The van der Waals surface area contributed by atoms with E-state index < -0.39 is 5.54 Å². The maximum Gasteiger partial charge on any atom is 0.325 e. The van der Waals surface area contributed by atoms with Gasteiger partial charge in [0.2, 0.25) is 0 Å². The first-order valence-corrected chi connectivity index (χ1v) is 6.73. The number of hydrogen-bond acceptors (Lipinski definition) is 3. The number of rotatable bonds is 3. The summed E-state index contributed by atoms with van der Waals surface area (Å²) in [6.07, 6.45) is 3.66. The van der Waals surface area contributed by atoms with Crippen molar-refractivity contribution in [2.45, 2.75) is 38.1 Å². The third-order valence-corrected chi connectivity index (χ3v) is 4.28. The number of hydrogen-bond donors (Lipinski definition) is 1. The normalized spacial score (nSPS) is 32.4. The van der Waals surface area contributed by atoms with Crippen molar-refractivity contribution >= 4 is 11.9 Å². The quantitative estimate of drug-likeness (QED) is 0.765. The van der Waals surface area contributed by atoms with Crippen LogP contribution in [-0.2, 0) is 4.79 Å². The van der Waals surface area contributed by atoms with Crippen molar-refractivity contribution in [3.05, 3.63) is 0 Å². The Hall–Kier alpha value is -1.10. The molecule has 1 aliphatic carbocycles. The van der Waals surface area contributed by atoms with Crippen LogP contribution in [0.1, 0.15) is 32.6 Å². The molecule has 2 rings (SSSR count). The standard InChI is InChI=1S/C13H23N3O2/c1-10-4-6-13(7-5-10)11(17)14-12(18)16(13)9-8-15(2)3/h10H,4-9H2,1-3H3,(H,14,17,18). The molecule has 5 nitrogen and oxygen atoms in total. The molecule has 1 aliphatic heterocycles. The Morgan fingerprint density at radius 1 is 1.33 bits per heavy atom. The minimum Gasteiger partial charge on any atom is -0.308 e. The first-order chi connectivity index (χ1) is 8.45. The van der Waals surface area contributed by atoms with Crippen molar-refractivity contribution in [3.8, 4) is 0 Å². The fraction of sp³-hybridized carbons (Fsp3) is 0.846. The fourth-order valence-electron chi connectivity index (χ4n) is 2.95. The highest BCUT2D eigenvalue weighted by atomic mass is 16.2. The molecular weight excluding hydrogens is 230 g/mol. The highest BCUT2D eigenvalue weighted by molar-refractivity contribution is 6.07. The molecule has 2 fully saturated rings. The van der Waals surface area contributed by atoms with Crippen molar-refractivity contribution in [2.75, 3.05) is 27.2 Å². The lowest BCUT2D eigenvalue weighted by Gasteiger charge is -2.40. The number of urea groups is 1. The number of nitrogens with one attached hydrogen (secondary N) is 1. The highest BCUT2D eigenvalue weighted by Gasteiger charge is 2.53. The molecule has 1 spiro atoms. The maximum atomic E-state index is 12.1. The zero-order valence-corrected chi connectivity index (χ0v) is 11.5. The lowest BCUT2D eigenvalue weighted by atomic mass is 9.76. The summed E-state index contributed by atoms with van der Waals surface area (Å²) in [6.45, 7) is 3.63. The summed E-state index contributed by atoms with van der Waals surface area (Å²) in [6, 6.07) is -0.212. The summed E-state index contributed by atoms with van der Waals surface area (Å²) in [4.78, 5) is 27.9. The van der Waals surface area contributed by atoms with Gasteiger partial charge in [-0.3, -0.25) is 10.1 Å². The van der Waals surface area contributed by atoms with Crippen LogP contribution in [0, 0.1) is 5.92 Å². The molecule has 0 bridgehead atoms. The molecule has 0 aromatic rings. The smallest absolute Gasteiger partial charge is 0.308 e. The van der Waals surface area contributed by atoms with Gasteiger partial charge >= 0.3 is 6.03 Å². The topological polar surface area (TPSA) is 52.7 Å². The average molecular weight is 253 g/mol. The van der Waals surface area contributed by atoms with Crippen molar-refractivity contribution < 1.29 is 9.59 Å². The van der Waals surface area contributed by atoms with Crippen molar-refractivity contribution in [2.24, 2.45) is 5.92 Å². The van der Waals surface area contributed by atoms with Gasteiger partial charge in [-0.15, -0.1) is 0 Å². The number of imide groups is 1. The van der Waals surface area contributed by atoms with Crippen LogP contribution in [0.15, 0.2) is 0 Å². The molecule has 2 aliphatic rings. The second kappa shape index (κ2) is 4.88. The average Bonchev–Trinajstić information content (AvgIpc) is 2.52. The maximum absolute atomic E-state index is 12.1. The number of nitrogens with zero attached hydrogens (tertiary/aromatic N) is 2. The molecule has 0 aromatic heterocycles. The Kier molecular flexibility index (Phi) is 3.61. The van der Waals surface area contributed by atoms with Gasteiger partial charge in [-0.1, -0.05) is 6.92 Å². The molecule has 1 saturated carbocycles. The number of amides is 3. The van der Waals surface area contributed by atoms with Crippen LogP contribution in [0.2, 0.25) is 0 Å². The van der Waals surface area contributed by atoms with Crippen LogP contribution in [0.25, 0.3) is 0 Å². The van der Waals surface area contributed by atoms with E-state index in [-0.39, 0.29) is 11.9 Å². The predicted octanol–water partition coefficient (Wildman–Crippen LogP) is 1.05. The van der Waals surface area contributed by atoms with Crippen LogP contribution in [0.4, 0.5) is 4.79 Å². The first kappa shape index (κ1) is 13.3. The van der Waals surface area contributed by atoms with Crippen LogP contribution in [0.3, 0.4) is 0 Å². The molecule has 0 radical (unpaired) electrons. The first-order valence-electron chi connectivity index (χ1n) is 6.73. The second-order valence-corrected chi connectivity index (χ2v) is 5.93. The Labute approximate surface area is 108 Å². The van der Waals surface area contributed by atoms with E-state index in [0.29, 0.717) is 12.5 Å². The molecule has 0 unspecified atom stereocenters. The zero-order valence-electron chi connectivity index (χ0n) is 11.5. The van der Waals surface area contributed by atoms with E-state index >= 15 is 0 Å². The summed E-state index contributed by atoms with van der Waals surface area (Å²) < 4.78 is 0. The van der Waals surface area contributed by atoms with E-state index in [9.17, 15) is 9.59 Å².